The molecule has 2 aromatic rings. The van der Waals surface area contributed by atoms with Gasteiger partial charge in [0.15, 0.2) is 0 Å². The zero-order valence-corrected chi connectivity index (χ0v) is 13.8. The van der Waals surface area contributed by atoms with Gasteiger partial charge in [-0.25, -0.2) is 0 Å². The number of piperidine rings is 1. The summed E-state index contributed by atoms with van der Waals surface area (Å²) in [6.45, 7) is 3.73. The SMILES string of the molecule is CC(O)C1CCN(Cc2cc([N+](=O)[O-])cc3[nH]c(=O)c(=O)[nH]c23)CC1. The predicted molar refractivity (Wildman–Crippen MR) is 91.5 cm³/mol. The molecule has 1 atom stereocenters. The van der Waals surface area contributed by atoms with E-state index in [1.54, 1.807) is 6.92 Å². The molecule has 0 radical (unpaired) electrons. The van der Waals surface area contributed by atoms with E-state index in [0.29, 0.717) is 17.6 Å². The highest BCUT2D eigenvalue weighted by Crippen LogP contribution is 2.26. The number of rotatable bonds is 4. The van der Waals surface area contributed by atoms with E-state index < -0.39 is 16.0 Å². The number of H-pyrrole nitrogens is 2. The number of aromatic nitrogens is 2. The van der Waals surface area contributed by atoms with E-state index in [4.69, 9.17) is 0 Å². The van der Waals surface area contributed by atoms with Crippen LogP contribution in [0.4, 0.5) is 5.69 Å². The number of fused-ring (bicyclic) bond motifs is 1. The Morgan fingerprint density at radius 3 is 2.52 bits per heavy atom. The maximum Gasteiger partial charge on any atom is 0.314 e. The molecule has 1 saturated heterocycles. The Morgan fingerprint density at radius 1 is 1.28 bits per heavy atom. The second-order valence-electron chi connectivity index (χ2n) is 6.55. The van der Waals surface area contributed by atoms with Crippen LogP contribution in [0.3, 0.4) is 0 Å². The molecule has 1 aliphatic rings. The van der Waals surface area contributed by atoms with Crippen LogP contribution in [0.25, 0.3) is 11.0 Å². The lowest BCUT2D eigenvalue weighted by Crippen LogP contribution is -2.37. The third kappa shape index (κ3) is 3.62. The van der Waals surface area contributed by atoms with Crippen LogP contribution in [-0.2, 0) is 6.54 Å². The standard InChI is InChI=1S/C16H20N4O5/c1-9(21)10-2-4-19(5-3-10)8-11-6-12(20(24)25)7-13-14(11)18-16(23)15(22)17-13/h6-7,9-10,21H,2-5,8H2,1H3,(H,17,22)(H,18,23). The van der Waals surface area contributed by atoms with Gasteiger partial charge in [-0.05, 0) is 44.3 Å². The van der Waals surface area contributed by atoms with E-state index in [1.165, 1.54) is 12.1 Å². The minimum Gasteiger partial charge on any atom is -0.393 e. The van der Waals surface area contributed by atoms with Crippen molar-refractivity contribution < 1.29 is 10.0 Å². The van der Waals surface area contributed by atoms with E-state index in [9.17, 15) is 24.8 Å². The van der Waals surface area contributed by atoms with Crippen molar-refractivity contribution in [3.8, 4) is 0 Å². The molecule has 0 spiro atoms. The average molecular weight is 348 g/mol. The second kappa shape index (κ2) is 6.77. The zero-order chi connectivity index (χ0) is 18.1. The first-order valence-corrected chi connectivity index (χ1v) is 8.19. The van der Waals surface area contributed by atoms with Crippen LogP contribution in [-0.4, -0.2) is 44.1 Å². The van der Waals surface area contributed by atoms with E-state index in [1.807, 2.05) is 0 Å². The summed E-state index contributed by atoms with van der Waals surface area (Å²) < 4.78 is 0. The highest BCUT2D eigenvalue weighted by molar-refractivity contribution is 5.80. The fourth-order valence-corrected chi connectivity index (χ4v) is 3.35. The number of non-ortho nitro benzene ring substituents is 1. The van der Waals surface area contributed by atoms with Gasteiger partial charge in [0.05, 0.1) is 22.1 Å². The van der Waals surface area contributed by atoms with Gasteiger partial charge in [0.2, 0.25) is 0 Å². The Labute approximate surface area is 142 Å². The number of nitro benzene ring substituents is 1. The third-order valence-electron chi connectivity index (χ3n) is 4.82. The first-order valence-electron chi connectivity index (χ1n) is 8.19. The third-order valence-corrected chi connectivity index (χ3v) is 4.82. The van der Waals surface area contributed by atoms with Gasteiger partial charge in [-0.2, -0.15) is 0 Å². The highest BCUT2D eigenvalue weighted by atomic mass is 16.6. The topological polar surface area (TPSA) is 132 Å². The van der Waals surface area contributed by atoms with Crippen molar-refractivity contribution in [2.24, 2.45) is 5.92 Å². The highest BCUT2D eigenvalue weighted by Gasteiger charge is 2.24. The molecule has 0 amide bonds. The zero-order valence-electron chi connectivity index (χ0n) is 13.8. The number of likely N-dealkylation sites (tertiary alicyclic amines) is 1. The number of aliphatic hydroxyl groups is 1. The van der Waals surface area contributed by atoms with E-state index in [2.05, 4.69) is 14.9 Å². The fraction of sp³-hybridized carbons (Fsp3) is 0.500. The lowest BCUT2D eigenvalue weighted by molar-refractivity contribution is -0.384. The van der Waals surface area contributed by atoms with Crippen LogP contribution in [0.5, 0.6) is 0 Å². The van der Waals surface area contributed by atoms with Crippen molar-refractivity contribution in [1.29, 1.82) is 0 Å². The van der Waals surface area contributed by atoms with Gasteiger partial charge in [-0.3, -0.25) is 24.6 Å². The van der Waals surface area contributed by atoms with Gasteiger partial charge in [0.25, 0.3) is 5.69 Å². The Balaban J connectivity index is 1.94. The van der Waals surface area contributed by atoms with Crippen molar-refractivity contribution >= 4 is 16.7 Å². The number of benzene rings is 1. The summed E-state index contributed by atoms with van der Waals surface area (Å²) in [6, 6.07) is 2.67. The summed E-state index contributed by atoms with van der Waals surface area (Å²) in [5.74, 6) is 0.259. The van der Waals surface area contributed by atoms with Crippen molar-refractivity contribution in [2.45, 2.75) is 32.4 Å². The average Bonchev–Trinajstić information content (AvgIpc) is 2.56. The summed E-state index contributed by atoms with van der Waals surface area (Å²) in [7, 11) is 0. The molecule has 3 N–H and O–H groups in total. The minimum atomic E-state index is -0.836. The number of nitrogens with zero attached hydrogens (tertiary/aromatic N) is 2. The van der Waals surface area contributed by atoms with Crippen molar-refractivity contribution in [3.63, 3.8) is 0 Å². The molecule has 0 bridgehead atoms. The molecule has 3 rings (SSSR count). The quantitative estimate of drug-likeness (QED) is 0.424. The Bertz CT molecular complexity index is 909. The monoisotopic (exact) mass is 348 g/mol. The molecule has 1 aromatic carbocycles. The van der Waals surface area contributed by atoms with Crippen LogP contribution < -0.4 is 11.1 Å². The Hall–Kier alpha value is -2.52. The number of hydrogen-bond donors (Lipinski definition) is 3. The van der Waals surface area contributed by atoms with Crippen molar-refractivity contribution in [3.05, 3.63) is 48.5 Å². The van der Waals surface area contributed by atoms with Crippen molar-refractivity contribution in [2.75, 3.05) is 13.1 Å². The first kappa shape index (κ1) is 17.3. The number of nitro groups is 1. The maximum atomic E-state index is 11.6. The largest absolute Gasteiger partial charge is 0.393 e. The second-order valence-corrected chi connectivity index (χ2v) is 6.55. The van der Waals surface area contributed by atoms with Crippen molar-refractivity contribution in [1.82, 2.24) is 14.9 Å². The van der Waals surface area contributed by atoms with E-state index >= 15 is 0 Å². The Morgan fingerprint density at radius 2 is 1.92 bits per heavy atom. The minimum absolute atomic E-state index is 0.135. The summed E-state index contributed by atoms with van der Waals surface area (Å²) >= 11 is 0. The molecular formula is C16H20N4O5. The maximum absolute atomic E-state index is 11.6. The molecule has 1 unspecified atom stereocenters. The summed E-state index contributed by atoms with van der Waals surface area (Å²) in [5, 5.41) is 20.8. The summed E-state index contributed by atoms with van der Waals surface area (Å²) in [4.78, 5) is 40.8. The Kier molecular flexibility index (Phi) is 4.69. The molecule has 1 aromatic heterocycles. The molecule has 9 heteroatoms. The molecule has 1 aliphatic heterocycles. The van der Waals surface area contributed by atoms with Gasteiger partial charge in [-0.15, -0.1) is 0 Å². The molecule has 1 fully saturated rings. The van der Waals surface area contributed by atoms with Gasteiger partial charge in [-0.1, -0.05) is 0 Å². The number of hydrogen-bond acceptors (Lipinski definition) is 6. The van der Waals surface area contributed by atoms with Crippen LogP contribution in [0.2, 0.25) is 0 Å². The van der Waals surface area contributed by atoms with E-state index in [0.717, 1.165) is 25.9 Å². The molecule has 2 heterocycles. The molecule has 9 nitrogen and oxygen atoms in total. The van der Waals surface area contributed by atoms with Gasteiger partial charge in [0, 0.05) is 18.7 Å². The summed E-state index contributed by atoms with van der Waals surface area (Å²) in [5.41, 5.74) is -0.509. The number of aliphatic hydroxyl groups excluding tert-OH is 1. The van der Waals surface area contributed by atoms with Gasteiger partial charge in [0.1, 0.15) is 0 Å². The smallest absolute Gasteiger partial charge is 0.314 e. The fourth-order valence-electron chi connectivity index (χ4n) is 3.35. The normalized spacial score (nSPS) is 17.7. The molecule has 134 valence electrons. The van der Waals surface area contributed by atoms with E-state index in [-0.39, 0.29) is 23.2 Å². The molecule has 0 aliphatic carbocycles. The van der Waals surface area contributed by atoms with Crippen LogP contribution >= 0.6 is 0 Å². The number of nitrogens with one attached hydrogen (secondary N) is 2. The van der Waals surface area contributed by atoms with Crippen LogP contribution in [0, 0.1) is 16.0 Å². The predicted octanol–water partition coefficient (Wildman–Crippen LogP) is 0.717. The van der Waals surface area contributed by atoms with Crippen LogP contribution in [0.1, 0.15) is 25.3 Å². The summed E-state index contributed by atoms with van der Waals surface area (Å²) in [6.07, 6.45) is 1.35. The lowest BCUT2D eigenvalue weighted by Gasteiger charge is -2.33. The van der Waals surface area contributed by atoms with Crippen LogP contribution in [0.15, 0.2) is 21.7 Å². The van der Waals surface area contributed by atoms with Gasteiger partial charge >= 0.3 is 11.1 Å². The molecule has 25 heavy (non-hydrogen) atoms. The first-order chi connectivity index (χ1) is 11.8. The lowest BCUT2D eigenvalue weighted by atomic mass is 9.92. The van der Waals surface area contributed by atoms with Gasteiger partial charge < -0.3 is 15.1 Å². The molecule has 0 saturated carbocycles. The number of aromatic amines is 2. The molecular weight excluding hydrogens is 328 g/mol.